The molecule has 0 aliphatic heterocycles. The maximum atomic E-state index is 12.2. The summed E-state index contributed by atoms with van der Waals surface area (Å²) in [5, 5.41) is 3.73. The number of carbonyl (C=O) groups is 1. The number of rotatable bonds is 7. The van der Waals surface area contributed by atoms with Crippen molar-refractivity contribution in [1.29, 1.82) is 0 Å². The fourth-order valence-corrected chi connectivity index (χ4v) is 2.98. The molecule has 106 valence electrons. The molecule has 19 heavy (non-hydrogen) atoms. The maximum absolute atomic E-state index is 12.2. The number of hydrogen-bond donors (Lipinski definition) is 1. The van der Waals surface area contributed by atoms with Gasteiger partial charge in [-0.25, -0.2) is 4.79 Å². The predicted octanol–water partition coefficient (Wildman–Crippen LogP) is 2.81. The molecule has 0 bridgehead atoms. The Morgan fingerprint density at radius 1 is 1.37 bits per heavy atom. The fraction of sp³-hybridized carbons (Fsp3) is 0.533. The molecule has 1 atom stereocenters. The van der Waals surface area contributed by atoms with E-state index >= 15 is 0 Å². The predicted molar refractivity (Wildman–Crippen MR) is 81.4 cm³/mol. The van der Waals surface area contributed by atoms with E-state index in [1.165, 1.54) is 7.11 Å². The van der Waals surface area contributed by atoms with Crippen LogP contribution < -0.4 is 5.32 Å². The molecule has 1 aromatic rings. The first kappa shape index (κ1) is 16.1. The Balaban J connectivity index is 2.98. The first-order valence-electron chi connectivity index (χ1n) is 6.51. The molecular weight excluding hydrogens is 258 g/mol. The van der Waals surface area contributed by atoms with Crippen LogP contribution in [-0.4, -0.2) is 31.1 Å². The van der Waals surface area contributed by atoms with Gasteiger partial charge in [0, 0.05) is 0 Å². The second kappa shape index (κ2) is 7.56. The Morgan fingerprint density at radius 2 is 2.00 bits per heavy atom. The minimum Gasteiger partial charge on any atom is -0.467 e. The van der Waals surface area contributed by atoms with Crippen LogP contribution in [0.2, 0.25) is 0 Å². The second-order valence-corrected chi connectivity index (χ2v) is 6.37. The molecule has 0 aliphatic carbocycles. The van der Waals surface area contributed by atoms with E-state index in [-0.39, 0.29) is 5.97 Å². The van der Waals surface area contributed by atoms with Crippen molar-refractivity contribution < 1.29 is 9.53 Å². The van der Waals surface area contributed by atoms with E-state index in [2.05, 4.69) is 19.2 Å². The minimum absolute atomic E-state index is 0.231. The number of methoxy groups -OCH3 is 1. The Hall–Kier alpha value is -1.00. The van der Waals surface area contributed by atoms with Crippen LogP contribution in [0.1, 0.15) is 25.8 Å². The summed E-state index contributed by atoms with van der Waals surface area (Å²) in [6.07, 6.45) is 0.711. The quantitative estimate of drug-likeness (QED) is 0.780. The smallest absolute Gasteiger partial charge is 0.330 e. The average molecular weight is 281 g/mol. The van der Waals surface area contributed by atoms with Crippen molar-refractivity contribution in [2.45, 2.75) is 31.1 Å². The first-order chi connectivity index (χ1) is 9.06. The van der Waals surface area contributed by atoms with Crippen molar-refractivity contribution in [3.8, 4) is 0 Å². The molecule has 0 saturated heterocycles. The van der Waals surface area contributed by atoms with Crippen molar-refractivity contribution in [3.05, 3.63) is 35.9 Å². The van der Waals surface area contributed by atoms with E-state index in [1.54, 1.807) is 0 Å². The van der Waals surface area contributed by atoms with Gasteiger partial charge < -0.3 is 10.1 Å². The maximum Gasteiger partial charge on any atom is 0.330 e. The summed E-state index contributed by atoms with van der Waals surface area (Å²) in [6, 6.07) is 9.77. The highest BCUT2D eigenvalue weighted by Gasteiger charge is 2.39. The van der Waals surface area contributed by atoms with E-state index in [0.29, 0.717) is 11.7 Å². The number of likely N-dealkylation sites (N-methyl/N-ethyl adjacent to an activating group) is 1. The highest BCUT2D eigenvalue weighted by atomic mass is 32.2. The highest BCUT2D eigenvalue weighted by molar-refractivity contribution is 7.99. The van der Waals surface area contributed by atoms with Gasteiger partial charge in [0.2, 0.25) is 0 Å². The Labute approximate surface area is 120 Å². The molecule has 0 spiro atoms. The zero-order valence-electron chi connectivity index (χ0n) is 12.1. The number of nitrogens with one attached hydrogen (secondary N) is 1. The van der Waals surface area contributed by atoms with E-state index < -0.39 is 5.54 Å². The van der Waals surface area contributed by atoms with Gasteiger partial charge in [-0.3, -0.25) is 0 Å². The van der Waals surface area contributed by atoms with Crippen molar-refractivity contribution in [2.24, 2.45) is 0 Å². The van der Waals surface area contributed by atoms with Gasteiger partial charge >= 0.3 is 5.97 Å². The van der Waals surface area contributed by atoms with Crippen LogP contribution in [0.4, 0.5) is 0 Å². The highest BCUT2D eigenvalue weighted by Crippen LogP contribution is 2.29. The number of hydrogen-bond acceptors (Lipinski definition) is 4. The van der Waals surface area contributed by atoms with Crippen molar-refractivity contribution in [3.63, 3.8) is 0 Å². The van der Waals surface area contributed by atoms with Gasteiger partial charge in [0.1, 0.15) is 5.54 Å². The molecule has 0 radical (unpaired) electrons. The molecule has 0 saturated carbocycles. The summed E-state index contributed by atoms with van der Waals surface area (Å²) in [5.74, 6) is 0.674. The van der Waals surface area contributed by atoms with Gasteiger partial charge in [-0.15, -0.1) is 0 Å². The summed E-state index contributed by atoms with van der Waals surface area (Å²) in [6.45, 7) is 4.32. The molecule has 1 unspecified atom stereocenters. The lowest BCUT2D eigenvalue weighted by Gasteiger charge is -2.31. The molecule has 0 heterocycles. The third kappa shape index (κ3) is 3.98. The van der Waals surface area contributed by atoms with E-state index in [4.69, 9.17) is 4.74 Å². The van der Waals surface area contributed by atoms with Crippen molar-refractivity contribution >= 4 is 17.7 Å². The van der Waals surface area contributed by atoms with Gasteiger partial charge in [-0.1, -0.05) is 44.2 Å². The lowest BCUT2D eigenvalue weighted by molar-refractivity contribution is -0.149. The van der Waals surface area contributed by atoms with Crippen LogP contribution >= 0.6 is 11.8 Å². The van der Waals surface area contributed by atoms with Crippen LogP contribution in [0.5, 0.6) is 0 Å². The molecule has 0 aromatic heterocycles. The Kier molecular flexibility index (Phi) is 6.38. The summed E-state index contributed by atoms with van der Waals surface area (Å²) in [4.78, 5) is 12.2. The lowest BCUT2D eigenvalue weighted by atomic mass is 9.87. The number of esters is 1. The van der Waals surface area contributed by atoms with Crippen molar-refractivity contribution in [1.82, 2.24) is 5.32 Å². The Morgan fingerprint density at radius 3 is 2.47 bits per heavy atom. The SMILES string of the molecule is CNC(CCSC(C)C)(C(=O)OC)c1ccccc1. The van der Waals surface area contributed by atoms with E-state index in [1.807, 2.05) is 49.1 Å². The number of carbonyl (C=O) groups excluding carboxylic acids is 1. The summed E-state index contributed by atoms with van der Waals surface area (Å²) >= 11 is 1.85. The molecule has 4 heteroatoms. The molecule has 3 nitrogen and oxygen atoms in total. The molecule has 1 aromatic carbocycles. The zero-order chi connectivity index (χ0) is 14.3. The van der Waals surface area contributed by atoms with Crippen LogP contribution in [0.15, 0.2) is 30.3 Å². The zero-order valence-corrected chi connectivity index (χ0v) is 12.9. The topological polar surface area (TPSA) is 38.3 Å². The van der Waals surface area contributed by atoms with Gasteiger partial charge in [0.25, 0.3) is 0 Å². The van der Waals surface area contributed by atoms with Gasteiger partial charge in [0.05, 0.1) is 7.11 Å². The van der Waals surface area contributed by atoms with Crippen LogP contribution in [0, 0.1) is 0 Å². The lowest BCUT2D eigenvalue weighted by Crippen LogP contribution is -2.48. The monoisotopic (exact) mass is 281 g/mol. The van der Waals surface area contributed by atoms with Crippen LogP contribution in [-0.2, 0) is 15.1 Å². The van der Waals surface area contributed by atoms with Crippen LogP contribution in [0.3, 0.4) is 0 Å². The summed E-state index contributed by atoms with van der Waals surface area (Å²) in [5.41, 5.74) is 0.200. The third-order valence-corrected chi connectivity index (χ3v) is 4.26. The molecule has 1 rings (SSSR count). The second-order valence-electron chi connectivity index (χ2n) is 4.68. The molecule has 0 aliphatic rings. The van der Waals surface area contributed by atoms with E-state index in [9.17, 15) is 4.79 Å². The third-order valence-electron chi connectivity index (χ3n) is 3.16. The molecule has 0 fully saturated rings. The first-order valence-corrected chi connectivity index (χ1v) is 7.56. The normalized spacial score (nSPS) is 14.2. The summed E-state index contributed by atoms with van der Waals surface area (Å²) < 4.78 is 5.01. The van der Waals surface area contributed by atoms with Crippen LogP contribution in [0.25, 0.3) is 0 Å². The van der Waals surface area contributed by atoms with Crippen molar-refractivity contribution in [2.75, 3.05) is 19.9 Å². The standard InChI is InChI=1S/C15H23NO2S/c1-12(2)19-11-10-15(16-3,14(17)18-4)13-8-6-5-7-9-13/h5-9,12,16H,10-11H2,1-4H3. The minimum atomic E-state index is -0.752. The number of ether oxygens (including phenoxy) is 1. The van der Waals surface area contributed by atoms with Gasteiger partial charge in [-0.05, 0) is 30.0 Å². The number of thioether (sulfide) groups is 1. The number of benzene rings is 1. The van der Waals surface area contributed by atoms with Gasteiger partial charge in [0.15, 0.2) is 0 Å². The average Bonchev–Trinajstić information content (AvgIpc) is 2.43. The molecular formula is C15H23NO2S. The summed E-state index contributed by atoms with van der Waals surface area (Å²) in [7, 11) is 3.25. The molecule has 0 amide bonds. The fourth-order valence-electron chi connectivity index (χ4n) is 2.08. The van der Waals surface area contributed by atoms with E-state index in [0.717, 1.165) is 11.3 Å². The Bertz CT molecular complexity index is 394. The largest absolute Gasteiger partial charge is 0.467 e. The van der Waals surface area contributed by atoms with Gasteiger partial charge in [-0.2, -0.15) is 11.8 Å². The molecule has 1 N–H and O–H groups in total.